The second kappa shape index (κ2) is 40.9. The summed E-state index contributed by atoms with van der Waals surface area (Å²) in [5, 5.41) is 0. The van der Waals surface area contributed by atoms with Crippen LogP contribution in [0.4, 0.5) is 0 Å². The van der Waals surface area contributed by atoms with Gasteiger partial charge in [0.15, 0.2) is 0 Å². The van der Waals surface area contributed by atoms with Crippen LogP contribution in [-0.4, -0.2) is 0 Å². The van der Waals surface area contributed by atoms with Gasteiger partial charge in [-0.2, -0.15) is 0 Å². The largest absolute Gasteiger partial charge is 1.00 e. The molecule has 0 aliphatic heterocycles. The van der Waals surface area contributed by atoms with Crippen LogP contribution in [0, 0.1) is 23.7 Å². The average molecular weight is 501 g/mol. The summed E-state index contributed by atoms with van der Waals surface area (Å²) in [6.07, 6.45) is 21.1. The van der Waals surface area contributed by atoms with Crippen LogP contribution in [0.5, 0.6) is 0 Å². The number of allylic oxidation sites excluding steroid dienone is 2. The molecule has 35 heavy (non-hydrogen) atoms. The fourth-order valence-corrected chi connectivity index (χ4v) is 3.59. The van der Waals surface area contributed by atoms with Gasteiger partial charge in [-0.25, -0.2) is 0 Å². The fourth-order valence-electron chi connectivity index (χ4n) is 3.59. The Hall–Kier alpha value is -0.260. The zero-order valence-electron chi connectivity index (χ0n) is 30.3. The lowest BCUT2D eigenvalue weighted by atomic mass is 9.89. The van der Waals surface area contributed by atoms with Crippen molar-refractivity contribution < 1.29 is 2.85 Å². The summed E-state index contributed by atoms with van der Waals surface area (Å²) in [5.74, 6) is 3.56. The molecule has 0 aliphatic carbocycles. The Morgan fingerprint density at radius 2 is 0.886 bits per heavy atom. The minimum atomic E-state index is 0. The minimum Gasteiger partial charge on any atom is -0.0856 e. The minimum absolute atomic E-state index is 0. The molecule has 0 heterocycles. The van der Waals surface area contributed by atoms with Crippen molar-refractivity contribution >= 4 is 0 Å². The molecule has 3 unspecified atom stereocenters. The molecule has 0 heteroatoms. The monoisotopic (exact) mass is 501 g/mol. The molecule has 0 rings (SSSR count). The highest BCUT2D eigenvalue weighted by Gasteiger charge is 2.08. The lowest BCUT2D eigenvalue weighted by Gasteiger charge is -2.17. The summed E-state index contributed by atoms with van der Waals surface area (Å²) in [4.78, 5) is 0. The van der Waals surface area contributed by atoms with E-state index in [-0.39, 0.29) is 2.85 Å². The summed E-state index contributed by atoms with van der Waals surface area (Å²) in [6, 6.07) is 0. The number of hydrogen-bond donors (Lipinski definition) is 0. The number of hydrogen-bond acceptors (Lipinski definition) is 0. The highest BCUT2D eigenvalue weighted by molar-refractivity contribution is 5.01. The first-order valence-corrected chi connectivity index (χ1v) is 16.2. The van der Waals surface area contributed by atoms with E-state index in [9.17, 15) is 0 Å². The van der Waals surface area contributed by atoms with Gasteiger partial charge >= 0.3 is 2.85 Å². The molecule has 0 spiro atoms. The molecule has 0 N–H and O–H groups in total. The Balaban J connectivity index is -0.0000000626. The summed E-state index contributed by atoms with van der Waals surface area (Å²) in [6.45, 7) is 33.8. The third-order valence-corrected chi connectivity index (χ3v) is 6.56. The number of unbranched alkanes of at least 4 members (excludes halogenated alkanes) is 3. The van der Waals surface area contributed by atoms with Gasteiger partial charge in [0.2, 0.25) is 0 Å². The van der Waals surface area contributed by atoms with E-state index in [1.807, 2.05) is 0 Å². The van der Waals surface area contributed by atoms with Gasteiger partial charge in [-0.05, 0) is 43.4 Å². The highest BCUT2D eigenvalue weighted by atomic mass is 14.1. The van der Waals surface area contributed by atoms with E-state index in [0.29, 0.717) is 0 Å². The molecule has 0 aromatic heterocycles. The van der Waals surface area contributed by atoms with E-state index >= 15 is 0 Å². The first kappa shape index (κ1) is 44.7. The summed E-state index contributed by atoms with van der Waals surface area (Å²) < 4.78 is 0. The zero-order valence-corrected chi connectivity index (χ0v) is 28.3. The molecule has 0 radical (unpaired) electrons. The maximum atomic E-state index is 2.38. The molecule has 0 amide bonds. The molecule has 0 bridgehead atoms. The van der Waals surface area contributed by atoms with Crippen molar-refractivity contribution in [2.24, 2.45) is 23.7 Å². The van der Waals surface area contributed by atoms with Crippen LogP contribution in [-0.2, 0) is 0 Å². The van der Waals surface area contributed by atoms with Crippen LogP contribution in [0.2, 0.25) is 0 Å². The summed E-state index contributed by atoms with van der Waals surface area (Å²) >= 11 is 0. The molecule has 3 atom stereocenters. The average Bonchev–Trinajstić information content (AvgIpc) is 2.81. The molecule has 0 aromatic rings. The van der Waals surface area contributed by atoms with Crippen molar-refractivity contribution in [2.75, 3.05) is 0 Å². The van der Waals surface area contributed by atoms with Gasteiger partial charge in [0.05, 0.1) is 0 Å². The van der Waals surface area contributed by atoms with Crippen LogP contribution in [0.3, 0.4) is 0 Å². The lowest BCUT2D eigenvalue weighted by molar-refractivity contribution is 0.339. The molecule has 0 saturated carbocycles. The van der Waals surface area contributed by atoms with Gasteiger partial charge in [-0.15, -0.1) is 0 Å². The Morgan fingerprint density at radius 3 is 1.06 bits per heavy atom. The van der Waals surface area contributed by atoms with Crippen molar-refractivity contribution in [1.82, 2.24) is 0 Å². The van der Waals surface area contributed by atoms with Crippen LogP contribution < -0.4 is 0 Å². The maximum absolute atomic E-state index is 2.38. The van der Waals surface area contributed by atoms with Crippen LogP contribution >= 0.6 is 0 Å². The molecule has 0 nitrogen and oxygen atoms in total. The Morgan fingerprint density at radius 1 is 0.514 bits per heavy atom. The van der Waals surface area contributed by atoms with Crippen molar-refractivity contribution in [3.63, 3.8) is 0 Å². The van der Waals surface area contributed by atoms with Gasteiger partial charge in [0.1, 0.15) is 0 Å². The van der Waals surface area contributed by atoms with Crippen molar-refractivity contribution in [3.05, 3.63) is 11.6 Å². The molecule has 218 valence electrons. The van der Waals surface area contributed by atoms with E-state index in [1.165, 1.54) is 89.9 Å². The topological polar surface area (TPSA) is 0 Å². The van der Waals surface area contributed by atoms with Gasteiger partial charge in [-0.3, -0.25) is 0 Å². The smallest absolute Gasteiger partial charge is 0.0856 e. The van der Waals surface area contributed by atoms with Crippen molar-refractivity contribution in [1.29, 1.82) is 0 Å². The normalized spacial score (nSPS) is 13.0. The van der Waals surface area contributed by atoms with Gasteiger partial charge in [0.25, 0.3) is 0 Å². The van der Waals surface area contributed by atoms with E-state index in [1.54, 1.807) is 5.57 Å². The van der Waals surface area contributed by atoms with Gasteiger partial charge in [0, 0.05) is 0 Å². The first-order valence-electron chi connectivity index (χ1n) is 16.2. The Labute approximate surface area is 231 Å². The second-order valence-corrected chi connectivity index (χ2v) is 11.1. The van der Waals surface area contributed by atoms with Crippen LogP contribution in [0.25, 0.3) is 0 Å². The molecule has 0 fully saturated rings. The second-order valence-electron chi connectivity index (χ2n) is 11.1. The van der Waals surface area contributed by atoms with Crippen molar-refractivity contribution in [2.45, 2.75) is 194 Å². The van der Waals surface area contributed by atoms with E-state index in [2.05, 4.69) is 110 Å². The highest BCUT2D eigenvalue weighted by Crippen LogP contribution is 2.20. The van der Waals surface area contributed by atoms with Crippen LogP contribution in [0.15, 0.2) is 11.6 Å². The van der Waals surface area contributed by atoms with Crippen LogP contribution in [0.1, 0.15) is 197 Å². The third kappa shape index (κ3) is 51.3. The Bertz CT molecular complexity index is 335. The number of rotatable bonds is 14. The van der Waals surface area contributed by atoms with Gasteiger partial charge in [-0.1, -0.05) is 186 Å². The van der Waals surface area contributed by atoms with Gasteiger partial charge < -0.3 is 0 Å². The summed E-state index contributed by atoms with van der Waals surface area (Å²) in [7, 11) is 0. The molecule has 0 saturated heterocycles. The molecule has 0 aliphatic rings. The quantitative estimate of drug-likeness (QED) is 0.208. The first-order chi connectivity index (χ1) is 16.5. The Kier molecular flexibility index (Phi) is 52.2. The van der Waals surface area contributed by atoms with Crippen molar-refractivity contribution in [3.8, 4) is 0 Å². The maximum Gasteiger partial charge on any atom is 1.00 e. The molecule has 0 aromatic carbocycles. The predicted octanol–water partition coefficient (Wildman–Crippen LogP) is 14.3. The summed E-state index contributed by atoms with van der Waals surface area (Å²) in [5.41, 5.74) is 1.56. The molecular formula is C35H80+2. The van der Waals surface area contributed by atoms with E-state index in [0.717, 1.165) is 23.7 Å². The van der Waals surface area contributed by atoms with E-state index in [4.69, 9.17) is 0 Å². The lowest BCUT2D eigenvalue weighted by Crippen LogP contribution is -2.06. The third-order valence-electron chi connectivity index (χ3n) is 6.56. The zero-order chi connectivity index (χ0) is 28.5. The SMILES string of the molecule is CC/C=C(\C)C(C)CCC.CCCC.CCCC(C)C.CCCC(C)C(C)CCC.CCCCC.[H+].[H+]. The predicted molar refractivity (Wildman–Crippen MR) is 174 cm³/mol. The molecular weight excluding hydrogens is 420 g/mol. The standard InChI is InChI=1S/C10H22.C10H20.C6H14.C5H12.C4H10/c2*1-5-7-9(3)10(4)8-6-2;1-4-5-6(2)3;1-3-5-4-2;1-3-4-2/h9-10H,5-8H2,1-4H3;7,10H,5-6,8H2,1-4H3;6H,4-5H2,1-3H3;3-5H2,1-2H3;3-4H2,1-2H3/p+2/b;9-7+;;;. The fraction of sp³-hybridized carbons (Fsp3) is 0.943. The van der Waals surface area contributed by atoms with E-state index < -0.39 is 0 Å².